The smallest absolute Gasteiger partial charge is 0.280 e. The molecule has 1 aliphatic rings. The third-order valence-corrected chi connectivity index (χ3v) is 3.41. The molecule has 0 heterocycles. The summed E-state index contributed by atoms with van der Waals surface area (Å²) < 4.78 is 5.09. The number of hydrogen-bond donors (Lipinski definition) is 0. The van der Waals surface area contributed by atoms with Crippen molar-refractivity contribution in [2.45, 2.75) is 25.8 Å². The zero-order chi connectivity index (χ0) is 14.7. The second kappa shape index (κ2) is 6.00. The van der Waals surface area contributed by atoms with E-state index >= 15 is 0 Å². The van der Waals surface area contributed by atoms with Crippen LogP contribution in [0.4, 0.5) is 11.4 Å². The first-order valence-corrected chi connectivity index (χ1v) is 6.59. The first kappa shape index (κ1) is 14.5. The third kappa shape index (κ3) is 3.14. The van der Waals surface area contributed by atoms with Crippen LogP contribution in [0.5, 0.6) is 0 Å². The highest BCUT2D eigenvalue weighted by Gasteiger charge is 2.30. The number of methoxy groups -OCH3 is 1. The molecule has 0 aromatic heterocycles. The highest BCUT2D eigenvalue weighted by molar-refractivity contribution is 5.99. The predicted molar refractivity (Wildman–Crippen MR) is 75.3 cm³/mol. The lowest BCUT2D eigenvalue weighted by atomic mass is 10.1. The lowest BCUT2D eigenvalue weighted by molar-refractivity contribution is -0.385. The maximum Gasteiger partial charge on any atom is 0.280 e. The van der Waals surface area contributed by atoms with Crippen molar-refractivity contribution in [2.75, 3.05) is 25.2 Å². The molecule has 0 bridgehead atoms. The van der Waals surface area contributed by atoms with Gasteiger partial charge in [0, 0.05) is 31.5 Å². The maximum atomic E-state index is 11.6. The predicted octanol–water partition coefficient (Wildman–Crippen LogP) is 2.41. The van der Waals surface area contributed by atoms with Gasteiger partial charge < -0.3 is 9.64 Å². The van der Waals surface area contributed by atoms with Gasteiger partial charge in [0.2, 0.25) is 0 Å². The van der Waals surface area contributed by atoms with Gasteiger partial charge in [-0.3, -0.25) is 14.9 Å². The monoisotopic (exact) mass is 278 g/mol. The van der Waals surface area contributed by atoms with Crippen molar-refractivity contribution in [3.05, 3.63) is 33.9 Å². The van der Waals surface area contributed by atoms with Gasteiger partial charge in [-0.2, -0.15) is 0 Å². The van der Waals surface area contributed by atoms with Crippen LogP contribution < -0.4 is 4.90 Å². The quantitative estimate of drug-likeness (QED) is 0.435. The minimum absolute atomic E-state index is 0.135. The Morgan fingerprint density at radius 1 is 1.50 bits per heavy atom. The fraction of sp³-hybridized carbons (Fsp3) is 0.500. The number of nitro groups is 1. The first-order valence-electron chi connectivity index (χ1n) is 6.59. The van der Waals surface area contributed by atoms with E-state index in [1.165, 1.54) is 13.0 Å². The summed E-state index contributed by atoms with van der Waals surface area (Å²) in [5.41, 5.74) is 0.875. The minimum atomic E-state index is -0.517. The molecule has 2 rings (SSSR count). The Hall–Kier alpha value is -1.95. The summed E-state index contributed by atoms with van der Waals surface area (Å²) in [5.74, 6) is -0.291. The van der Waals surface area contributed by atoms with E-state index in [2.05, 4.69) is 4.90 Å². The Morgan fingerprint density at radius 3 is 2.70 bits per heavy atom. The third-order valence-electron chi connectivity index (χ3n) is 3.41. The SMILES string of the molecule is COCCN(c1ccc([N+](=O)[O-])c(C(C)=O)c1)C1CC1. The summed E-state index contributed by atoms with van der Waals surface area (Å²) in [5, 5.41) is 10.9. The average Bonchev–Trinajstić information content (AvgIpc) is 3.23. The molecule has 0 amide bonds. The number of rotatable bonds is 7. The van der Waals surface area contributed by atoms with Crippen LogP contribution in [0.3, 0.4) is 0 Å². The molecule has 6 nitrogen and oxygen atoms in total. The van der Waals surface area contributed by atoms with E-state index in [0.717, 1.165) is 25.1 Å². The Morgan fingerprint density at radius 2 is 2.20 bits per heavy atom. The van der Waals surface area contributed by atoms with Crippen LogP contribution in [0.2, 0.25) is 0 Å². The molecule has 20 heavy (non-hydrogen) atoms. The Balaban J connectivity index is 2.33. The number of nitrogens with zero attached hydrogens (tertiary/aromatic N) is 2. The number of anilines is 1. The number of benzene rings is 1. The van der Waals surface area contributed by atoms with Crippen molar-refractivity contribution in [3.8, 4) is 0 Å². The second-order valence-electron chi connectivity index (χ2n) is 4.93. The summed E-state index contributed by atoms with van der Waals surface area (Å²) in [6.45, 7) is 2.65. The summed E-state index contributed by atoms with van der Waals surface area (Å²) in [4.78, 5) is 24.2. The van der Waals surface area contributed by atoms with Crippen LogP contribution >= 0.6 is 0 Å². The number of hydrogen-bond acceptors (Lipinski definition) is 5. The van der Waals surface area contributed by atoms with Crippen LogP contribution in [0.15, 0.2) is 18.2 Å². The topological polar surface area (TPSA) is 72.7 Å². The molecule has 0 atom stereocenters. The molecular formula is C14H18N2O4. The fourth-order valence-electron chi connectivity index (χ4n) is 2.24. The Bertz CT molecular complexity index is 526. The van der Waals surface area contributed by atoms with E-state index in [1.807, 2.05) is 0 Å². The zero-order valence-electron chi connectivity index (χ0n) is 11.7. The van der Waals surface area contributed by atoms with Gasteiger partial charge in [-0.15, -0.1) is 0 Å². The fourth-order valence-corrected chi connectivity index (χ4v) is 2.24. The molecule has 108 valence electrons. The second-order valence-corrected chi connectivity index (χ2v) is 4.93. The average molecular weight is 278 g/mol. The molecule has 0 saturated heterocycles. The maximum absolute atomic E-state index is 11.6. The standard InChI is InChI=1S/C14H18N2O4/c1-10(17)13-9-12(5-6-14(13)16(18)19)15(7-8-20-2)11-3-4-11/h5-6,9,11H,3-4,7-8H2,1-2H3. The van der Waals surface area contributed by atoms with Gasteiger partial charge in [0.25, 0.3) is 5.69 Å². The number of nitro benzene ring substituents is 1. The molecule has 1 aromatic carbocycles. The number of ketones is 1. The molecule has 1 aliphatic carbocycles. The largest absolute Gasteiger partial charge is 0.383 e. The summed E-state index contributed by atoms with van der Waals surface area (Å²) >= 11 is 0. The summed E-state index contributed by atoms with van der Waals surface area (Å²) in [6, 6.07) is 5.19. The molecule has 1 aromatic rings. The summed E-state index contributed by atoms with van der Waals surface area (Å²) in [7, 11) is 1.64. The first-order chi connectivity index (χ1) is 9.54. The van der Waals surface area contributed by atoms with Crippen molar-refractivity contribution < 1.29 is 14.5 Å². The van der Waals surface area contributed by atoms with Gasteiger partial charge in [-0.1, -0.05) is 0 Å². The van der Waals surface area contributed by atoms with E-state index in [4.69, 9.17) is 4.74 Å². The van der Waals surface area contributed by atoms with Gasteiger partial charge >= 0.3 is 0 Å². The van der Waals surface area contributed by atoms with Crippen molar-refractivity contribution in [2.24, 2.45) is 0 Å². The molecule has 0 aliphatic heterocycles. The molecular weight excluding hydrogens is 260 g/mol. The Kier molecular flexibility index (Phi) is 4.34. The van der Waals surface area contributed by atoms with Gasteiger partial charge in [0.05, 0.1) is 17.1 Å². The lowest BCUT2D eigenvalue weighted by Gasteiger charge is -2.24. The molecule has 0 radical (unpaired) electrons. The van der Waals surface area contributed by atoms with E-state index in [9.17, 15) is 14.9 Å². The molecule has 0 N–H and O–H groups in total. The molecule has 1 fully saturated rings. The van der Waals surface area contributed by atoms with E-state index < -0.39 is 4.92 Å². The van der Waals surface area contributed by atoms with Gasteiger partial charge in [-0.25, -0.2) is 0 Å². The van der Waals surface area contributed by atoms with E-state index in [-0.39, 0.29) is 17.0 Å². The number of carbonyl (C=O) groups excluding carboxylic acids is 1. The van der Waals surface area contributed by atoms with E-state index in [1.54, 1.807) is 19.2 Å². The van der Waals surface area contributed by atoms with Crippen molar-refractivity contribution in [3.63, 3.8) is 0 Å². The van der Waals surface area contributed by atoms with Gasteiger partial charge in [-0.05, 0) is 31.9 Å². The van der Waals surface area contributed by atoms with Crippen LogP contribution in [0.25, 0.3) is 0 Å². The van der Waals surface area contributed by atoms with Gasteiger partial charge in [0.15, 0.2) is 5.78 Å². The van der Waals surface area contributed by atoms with Crippen molar-refractivity contribution in [1.29, 1.82) is 0 Å². The summed E-state index contributed by atoms with van der Waals surface area (Å²) in [6.07, 6.45) is 2.21. The highest BCUT2D eigenvalue weighted by atomic mass is 16.6. The lowest BCUT2D eigenvalue weighted by Crippen LogP contribution is -2.29. The number of ether oxygens (including phenoxy) is 1. The molecule has 6 heteroatoms. The van der Waals surface area contributed by atoms with Crippen LogP contribution in [0, 0.1) is 10.1 Å². The normalized spacial score (nSPS) is 14.1. The van der Waals surface area contributed by atoms with Crippen LogP contribution in [-0.4, -0.2) is 37.0 Å². The van der Waals surface area contributed by atoms with Crippen molar-refractivity contribution >= 4 is 17.2 Å². The highest BCUT2D eigenvalue weighted by Crippen LogP contribution is 2.33. The van der Waals surface area contributed by atoms with Crippen LogP contribution in [-0.2, 0) is 4.74 Å². The molecule has 0 spiro atoms. The van der Waals surface area contributed by atoms with Crippen LogP contribution in [0.1, 0.15) is 30.1 Å². The van der Waals surface area contributed by atoms with Gasteiger partial charge in [0.1, 0.15) is 0 Å². The molecule has 1 saturated carbocycles. The van der Waals surface area contributed by atoms with E-state index in [0.29, 0.717) is 12.6 Å². The van der Waals surface area contributed by atoms with Crippen molar-refractivity contribution in [1.82, 2.24) is 0 Å². The molecule has 0 unspecified atom stereocenters. The number of Topliss-reactive ketones (excluding diaryl/α,β-unsaturated/α-hetero) is 1. The number of carbonyl (C=O) groups is 1. The zero-order valence-corrected chi connectivity index (χ0v) is 11.7. The minimum Gasteiger partial charge on any atom is -0.383 e. The Labute approximate surface area is 117 Å².